The summed E-state index contributed by atoms with van der Waals surface area (Å²) in [5.74, 6) is 0. The van der Waals surface area contributed by atoms with Crippen molar-refractivity contribution in [1.82, 2.24) is 4.57 Å². The molecule has 11 aromatic rings. The number of para-hydroxylation sites is 1. The zero-order valence-corrected chi connectivity index (χ0v) is 29.9. The number of hydrogen-bond acceptors (Lipinski definition) is 1. The highest BCUT2D eigenvalue weighted by Gasteiger charge is 2.46. The molecule has 9 aromatic carbocycles. The van der Waals surface area contributed by atoms with E-state index in [9.17, 15) is 0 Å². The van der Waals surface area contributed by atoms with Crippen LogP contribution < -0.4 is 0 Å². The van der Waals surface area contributed by atoms with Crippen molar-refractivity contribution in [2.24, 2.45) is 0 Å². The number of nitrogens with zero attached hydrogens (tertiary/aromatic N) is 1. The molecule has 2 nitrogen and oxygen atoms in total. The fourth-order valence-electron chi connectivity index (χ4n) is 9.74. The van der Waals surface area contributed by atoms with Crippen LogP contribution in [0, 0.1) is 0 Å². The molecule has 0 fully saturated rings. The lowest BCUT2D eigenvalue weighted by molar-refractivity contribution is 0.666. The monoisotopic (exact) mass is 699 g/mol. The average molecular weight is 700 g/mol. The molecule has 0 amide bonds. The Bertz CT molecular complexity index is 3270. The molecule has 0 saturated carbocycles. The summed E-state index contributed by atoms with van der Waals surface area (Å²) in [6.45, 7) is 0. The van der Waals surface area contributed by atoms with Crippen LogP contribution in [0.25, 0.3) is 82.5 Å². The van der Waals surface area contributed by atoms with Gasteiger partial charge in [-0.3, -0.25) is 0 Å². The van der Waals surface area contributed by atoms with Crippen LogP contribution in [0.15, 0.2) is 205 Å². The van der Waals surface area contributed by atoms with Gasteiger partial charge in [0.2, 0.25) is 0 Å². The van der Waals surface area contributed by atoms with Crippen LogP contribution in [-0.2, 0) is 5.41 Å². The van der Waals surface area contributed by atoms with E-state index in [4.69, 9.17) is 4.42 Å². The predicted octanol–water partition coefficient (Wildman–Crippen LogP) is 13.9. The van der Waals surface area contributed by atoms with Gasteiger partial charge in [0.05, 0.1) is 16.4 Å². The molecule has 0 atom stereocenters. The fraction of sp³-hybridized carbons (Fsp3) is 0.0189. The van der Waals surface area contributed by atoms with Crippen molar-refractivity contribution < 1.29 is 4.42 Å². The lowest BCUT2D eigenvalue weighted by Gasteiger charge is -2.33. The molecule has 0 radical (unpaired) electrons. The van der Waals surface area contributed by atoms with Crippen LogP contribution in [0.5, 0.6) is 0 Å². The Hall–Kier alpha value is -7.16. The highest BCUT2D eigenvalue weighted by molar-refractivity contribution is 6.16. The first-order chi connectivity index (χ1) is 27.3. The molecule has 55 heavy (non-hydrogen) atoms. The zero-order chi connectivity index (χ0) is 36.1. The van der Waals surface area contributed by atoms with Crippen molar-refractivity contribution in [1.29, 1.82) is 0 Å². The lowest BCUT2D eigenvalue weighted by atomic mass is 9.67. The second kappa shape index (κ2) is 11.4. The third kappa shape index (κ3) is 4.19. The first-order valence-electron chi connectivity index (χ1n) is 19.0. The van der Waals surface area contributed by atoms with Gasteiger partial charge in [0.25, 0.3) is 0 Å². The van der Waals surface area contributed by atoms with E-state index in [1.54, 1.807) is 0 Å². The average Bonchev–Trinajstić information content (AvgIpc) is 3.89. The van der Waals surface area contributed by atoms with Crippen LogP contribution in [0.2, 0.25) is 0 Å². The molecule has 0 aliphatic heterocycles. The summed E-state index contributed by atoms with van der Waals surface area (Å²) in [6.07, 6.45) is 0. The molecule has 0 saturated heterocycles. The van der Waals surface area contributed by atoms with Crippen molar-refractivity contribution >= 4 is 54.5 Å². The minimum atomic E-state index is -0.477. The molecular formula is C53H33NO. The smallest absolute Gasteiger partial charge is 0.136 e. The SMILES string of the molecule is c1ccc(C2(c3ccccc3)c3ccccc3-c3cc4c(cc32)oc2cccc(-c3ccc5c(c3)c3ccccc3n5-c3ccc5ccccc5c3)c24)cc1. The normalized spacial score (nSPS) is 13.2. The molecule has 2 heteroatoms. The molecule has 0 spiro atoms. The minimum absolute atomic E-state index is 0.477. The maximum absolute atomic E-state index is 6.85. The van der Waals surface area contributed by atoms with Crippen LogP contribution in [0.1, 0.15) is 22.3 Å². The van der Waals surface area contributed by atoms with Crippen LogP contribution in [-0.4, -0.2) is 4.57 Å². The van der Waals surface area contributed by atoms with Gasteiger partial charge in [-0.25, -0.2) is 0 Å². The topological polar surface area (TPSA) is 18.1 Å². The van der Waals surface area contributed by atoms with Crippen molar-refractivity contribution in [2.45, 2.75) is 5.41 Å². The number of hydrogen-bond donors (Lipinski definition) is 0. The molecule has 2 aromatic heterocycles. The predicted molar refractivity (Wildman–Crippen MR) is 228 cm³/mol. The molecule has 2 heterocycles. The van der Waals surface area contributed by atoms with Crippen LogP contribution in [0.4, 0.5) is 0 Å². The third-order valence-corrected chi connectivity index (χ3v) is 12.0. The Balaban J connectivity index is 1.10. The summed E-state index contributed by atoms with van der Waals surface area (Å²) in [4.78, 5) is 0. The Morgan fingerprint density at radius 2 is 1.07 bits per heavy atom. The van der Waals surface area contributed by atoms with E-state index in [1.807, 2.05) is 0 Å². The van der Waals surface area contributed by atoms with Crippen molar-refractivity contribution in [3.63, 3.8) is 0 Å². The number of aromatic nitrogens is 1. The first-order valence-corrected chi connectivity index (χ1v) is 19.0. The van der Waals surface area contributed by atoms with E-state index in [2.05, 4.69) is 205 Å². The Morgan fingerprint density at radius 3 is 1.91 bits per heavy atom. The second-order valence-electron chi connectivity index (χ2n) is 14.8. The van der Waals surface area contributed by atoms with Crippen molar-refractivity contribution in [3.8, 4) is 27.9 Å². The van der Waals surface area contributed by atoms with Gasteiger partial charge in [0.15, 0.2) is 0 Å². The van der Waals surface area contributed by atoms with Gasteiger partial charge < -0.3 is 8.98 Å². The van der Waals surface area contributed by atoms with Gasteiger partial charge in [-0.15, -0.1) is 0 Å². The molecular weight excluding hydrogens is 667 g/mol. The summed E-state index contributed by atoms with van der Waals surface area (Å²) in [7, 11) is 0. The number of rotatable bonds is 4. The van der Waals surface area contributed by atoms with E-state index in [-0.39, 0.29) is 0 Å². The largest absolute Gasteiger partial charge is 0.456 e. The lowest BCUT2D eigenvalue weighted by Crippen LogP contribution is -2.28. The standard InChI is InChI=1S/C53H33NO/c1-3-16-37(17-4-1)53(38-18-5-2-6-19-38)46-23-11-9-20-41(46)43-32-45-51(33-47(43)53)55-50-25-13-22-40(52(45)50)36-27-29-49-44(31-36)42-21-10-12-24-48(42)54(49)39-28-26-34-14-7-8-15-35(34)30-39/h1-33H. The number of furan rings is 1. The van der Waals surface area contributed by atoms with E-state index in [0.29, 0.717) is 0 Å². The van der Waals surface area contributed by atoms with E-state index in [1.165, 1.54) is 77.1 Å². The van der Waals surface area contributed by atoms with E-state index in [0.717, 1.165) is 27.6 Å². The third-order valence-electron chi connectivity index (χ3n) is 12.0. The van der Waals surface area contributed by atoms with Gasteiger partial charge in [-0.2, -0.15) is 0 Å². The van der Waals surface area contributed by atoms with Gasteiger partial charge in [-0.1, -0.05) is 152 Å². The van der Waals surface area contributed by atoms with E-state index >= 15 is 0 Å². The fourth-order valence-corrected chi connectivity index (χ4v) is 9.74. The first kappa shape index (κ1) is 30.3. The summed E-state index contributed by atoms with van der Waals surface area (Å²) in [6, 6.07) is 73.1. The van der Waals surface area contributed by atoms with Gasteiger partial charge in [-0.05, 0) is 104 Å². The summed E-state index contributed by atoms with van der Waals surface area (Å²) < 4.78 is 9.26. The Labute approximate surface area is 318 Å². The molecule has 1 aliphatic rings. The molecule has 12 rings (SSSR count). The molecule has 0 bridgehead atoms. The summed E-state index contributed by atoms with van der Waals surface area (Å²) in [5, 5.41) is 7.23. The van der Waals surface area contributed by atoms with Gasteiger partial charge >= 0.3 is 0 Å². The summed E-state index contributed by atoms with van der Waals surface area (Å²) >= 11 is 0. The molecule has 0 unspecified atom stereocenters. The Kier molecular flexibility index (Phi) is 6.29. The van der Waals surface area contributed by atoms with Crippen LogP contribution >= 0.6 is 0 Å². The Morgan fingerprint density at radius 1 is 0.382 bits per heavy atom. The van der Waals surface area contributed by atoms with Crippen molar-refractivity contribution in [2.75, 3.05) is 0 Å². The molecule has 1 aliphatic carbocycles. The van der Waals surface area contributed by atoms with E-state index < -0.39 is 5.41 Å². The number of fused-ring (bicyclic) bond motifs is 10. The van der Waals surface area contributed by atoms with Crippen LogP contribution in [0.3, 0.4) is 0 Å². The highest BCUT2D eigenvalue weighted by Crippen LogP contribution is 2.57. The van der Waals surface area contributed by atoms with Gasteiger partial charge in [0.1, 0.15) is 11.2 Å². The highest BCUT2D eigenvalue weighted by atomic mass is 16.3. The summed E-state index contributed by atoms with van der Waals surface area (Å²) in [5.41, 5.74) is 14.8. The van der Waals surface area contributed by atoms with Gasteiger partial charge in [0, 0.05) is 27.2 Å². The molecule has 256 valence electrons. The molecule has 0 N–H and O–H groups in total. The zero-order valence-electron chi connectivity index (χ0n) is 29.9. The minimum Gasteiger partial charge on any atom is -0.456 e. The number of benzene rings is 9. The quantitative estimate of drug-likeness (QED) is 0.179. The second-order valence-corrected chi connectivity index (χ2v) is 14.8. The maximum Gasteiger partial charge on any atom is 0.136 e. The van der Waals surface area contributed by atoms with Crippen molar-refractivity contribution in [3.05, 3.63) is 222 Å². The maximum atomic E-state index is 6.85.